The van der Waals surface area contributed by atoms with Gasteiger partial charge in [-0.25, -0.2) is 4.98 Å². The summed E-state index contributed by atoms with van der Waals surface area (Å²) in [5.41, 5.74) is 11.9. The molecule has 0 amide bonds. The Morgan fingerprint density at radius 2 is 1.51 bits per heavy atom. The predicted molar refractivity (Wildman–Crippen MR) is 205 cm³/mol. The normalized spacial score (nSPS) is 12.9. The van der Waals surface area contributed by atoms with Gasteiger partial charge < -0.3 is 24.7 Å². The number of aromatic nitrogens is 2. The van der Waals surface area contributed by atoms with E-state index < -0.39 is 0 Å². The molecule has 2 heterocycles. The van der Waals surface area contributed by atoms with Crippen molar-refractivity contribution in [2.45, 2.75) is 64.3 Å². The van der Waals surface area contributed by atoms with E-state index in [0.29, 0.717) is 13.2 Å². The van der Waals surface area contributed by atoms with Crippen molar-refractivity contribution in [3.63, 3.8) is 0 Å². The number of nitrogens with zero attached hydrogens (tertiary/aromatic N) is 3. The number of hydrogen-bond acceptors (Lipinski definition) is 5. The van der Waals surface area contributed by atoms with Crippen LogP contribution in [0.3, 0.4) is 0 Å². The molecule has 5 rings (SSSR count). The molecule has 47 heavy (non-hydrogen) atoms. The molecule has 6 nitrogen and oxygen atoms in total. The Morgan fingerprint density at radius 1 is 0.851 bits per heavy atom. The van der Waals surface area contributed by atoms with Crippen LogP contribution in [0.4, 0.5) is 0 Å². The molecule has 0 bridgehead atoms. The third-order valence-corrected chi connectivity index (χ3v) is 9.11. The number of likely N-dealkylation sites (N-methyl/N-ethyl adjacent to an activating group) is 1. The molecule has 4 aromatic rings. The first kappa shape index (κ1) is 36.6. The van der Waals surface area contributed by atoms with Crippen molar-refractivity contribution >= 4 is 35.6 Å². The summed E-state index contributed by atoms with van der Waals surface area (Å²) in [6, 6.07) is 24.4. The summed E-state index contributed by atoms with van der Waals surface area (Å²) in [6.45, 7) is 6.53. The zero-order valence-corrected chi connectivity index (χ0v) is 30.9. The highest BCUT2D eigenvalue weighted by molar-refractivity contribution is 14.0. The molecule has 0 radical (unpaired) electrons. The van der Waals surface area contributed by atoms with E-state index in [1.807, 2.05) is 48.5 Å². The van der Waals surface area contributed by atoms with Gasteiger partial charge >= 0.3 is 0 Å². The van der Waals surface area contributed by atoms with E-state index in [1.165, 1.54) is 11.1 Å². The lowest BCUT2D eigenvalue weighted by molar-refractivity contribution is 0.271. The Labute approximate surface area is 302 Å². The standard InChI is InChI=1S/C39H47ClN4O2.HI/c1-4-39(41,5-2)24-7-26-45-36-20-16-34(17-21-36)44-29-37(42-38(44)22-11-31-8-6-25-43(3)28-31)32-12-18-35(19-13-32)46-27-23-30-9-14-33(40)15-10-30;/h6,8-10,12-21,28-29H,4-5,7,11,22-27,41H2,1-3H3;1H. The van der Waals surface area contributed by atoms with Gasteiger partial charge in [-0.1, -0.05) is 49.7 Å². The number of imidazole rings is 1. The van der Waals surface area contributed by atoms with E-state index in [0.717, 1.165) is 90.8 Å². The van der Waals surface area contributed by atoms with Crippen LogP contribution in [0.25, 0.3) is 16.9 Å². The predicted octanol–water partition coefficient (Wildman–Crippen LogP) is 9.43. The number of nitrogens with two attached hydrogens (primary N) is 1. The lowest BCUT2D eigenvalue weighted by Crippen LogP contribution is -2.38. The lowest BCUT2D eigenvalue weighted by atomic mass is 9.89. The van der Waals surface area contributed by atoms with E-state index >= 15 is 0 Å². The van der Waals surface area contributed by atoms with Crippen molar-refractivity contribution < 1.29 is 9.47 Å². The Balaban J connectivity index is 0.00000500. The molecule has 1 aliphatic rings. The average molecular weight is 767 g/mol. The van der Waals surface area contributed by atoms with Gasteiger partial charge in [0.15, 0.2) is 0 Å². The van der Waals surface area contributed by atoms with E-state index in [-0.39, 0.29) is 29.5 Å². The quantitative estimate of drug-likeness (QED) is 0.0910. The molecule has 250 valence electrons. The van der Waals surface area contributed by atoms with Crippen LogP contribution in [0.15, 0.2) is 103 Å². The summed E-state index contributed by atoms with van der Waals surface area (Å²) < 4.78 is 14.3. The molecule has 1 aromatic heterocycles. The maximum atomic E-state index is 6.46. The van der Waals surface area contributed by atoms with Gasteiger partial charge in [-0.3, -0.25) is 0 Å². The number of rotatable bonds is 16. The molecule has 0 saturated heterocycles. The first-order valence-corrected chi connectivity index (χ1v) is 16.9. The molecule has 0 saturated carbocycles. The molecule has 0 fully saturated rings. The van der Waals surface area contributed by atoms with Crippen LogP contribution < -0.4 is 15.2 Å². The van der Waals surface area contributed by atoms with Crippen LogP contribution >= 0.6 is 35.6 Å². The molecule has 8 heteroatoms. The monoisotopic (exact) mass is 766 g/mol. The van der Waals surface area contributed by atoms with Crippen molar-refractivity contribution in [3.05, 3.63) is 119 Å². The van der Waals surface area contributed by atoms with Crippen LogP contribution in [0.5, 0.6) is 11.5 Å². The molecule has 0 atom stereocenters. The van der Waals surface area contributed by atoms with Gasteiger partial charge in [0.2, 0.25) is 0 Å². The van der Waals surface area contributed by atoms with E-state index in [9.17, 15) is 0 Å². The molecule has 2 N–H and O–H groups in total. The first-order valence-electron chi connectivity index (χ1n) is 16.5. The average Bonchev–Trinajstić information content (AvgIpc) is 3.51. The molecule has 1 aliphatic heterocycles. The second-order valence-corrected chi connectivity index (χ2v) is 12.7. The van der Waals surface area contributed by atoms with Gasteiger partial charge in [0, 0.05) is 60.6 Å². The van der Waals surface area contributed by atoms with E-state index in [2.05, 4.69) is 79.2 Å². The van der Waals surface area contributed by atoms with Crippen LogP contribution in [-0.4, -0.2) is 46.8 Å². The number of benzene rings is 3. The third kappa shape index (κ3) is 10.6. The molecular weight excluding hydrogens is 719 g/mol. The summed E-state index contributed by atoms with van der Waals surface area (Å²) in [5, 5.41) is 0.747. The SMILES string of the molecule is CCC(N)(CC)CCCOc1ccc(-n2cc(-c3ccc(OCCc4ccc(Cl)cc4)cc3)nc2CCC2=CN(C)CC=C2)cc1.I. The van der Waals surface area contributed by atoms with Gasteiger partial charge in [0.25, 0.3) is 0 Å². The third-order valence-electron chi connectivity index (χ3n) is 8.86. The fourth-order valence-corrected chi connectivity index (χ4v) is 5.82. The number of allylic oxidation sites excluding steroid dienone is 2. The maximum absolute atomic E-state index is 6.46. The van der Waals surface area contributed by atoms with Gasteiger partial charge in [0.05, 0.1) is 18.9 Å². The fourth-order valence-electron chi connectivity index (χ4n) is 5.69. The first-order chi connectivity index (χ1) is 22.3. The zero-order valence-electron chi connectivity index (χ0n) is 27.8. The second-order valence-electron chi connectivity index (χ2n) is 12.2. The minimum atomic E-state index is -0.0903. The minimum absolute atomic E-state index is 0. The number of aryl methyl sites for hydroxylation is 1. The van der Waals surface area contributed by atoms with E-state index in [1.54, 1.807) is 0 Å². The molecule has 0 aliphatic carbocycles. The van der Waals surface area contributed by atoms with Crippen LogP contribution in [0.1, 0.15) is 57.3 Å². The molecule has 3 aromatic carbocycles. The topological polar surface area (TPSA) is 65.5 Å². The van der Waals surface area contributed by atoms with Crippen molar-refractivity contribution in [1.82, 2.24) is 14.5 Å². The summed E-state index contributed by atoms with van der Waals surface area (Å²) in [4.78, 5) is 7.34. The largest absolute Gasteiger partial charge is 0.494 e. The summed E-state index contributed by atoms with van der Waals surface area (Å²) in [6.07, 6.45) is 15.2. The highest BCUT2D eigenvalue weighted by Crippen LogP contribution is 2.27. The lowest BCUT2D eigenvalue weighted by Gasteiger charge is -2.26. The molecular formula is C39H48ClIN4O2. The van der Waals surface area contributed by atoms with Gasteiger partial charge in [-0.15, -0.1) is 24.0 Å². The van der Waals surface area contributed by atoms with Crippen molar-refractivity contribution in [1.29, 1.82) is 0 Å². The highest BCUT2D eigenvalue weighted by atomic mass is 127. The Bertz CT molecular complexity index is 1590. The number of ether oxygens (including phenoxy) is 2. The Kier molecular flexibility index (Phi) is 13.8. The Morgan fingerprint density at radius 3 is 2.17 bits per heavy atom. The van der Waals surface area contributed by atoms with Crippen LogP contribution in [-0.2, 0) is 12.8 Å². The Hall–Kier alpha value is -3.27. The van der Waals surface area contributed by atoms with Crippen molar-refractivity contribution in [2.75, 3.05) is 26.8 Å². The highest BCUT2D eigenvalue weighted by Gasteiger charge is 2.19. The summed E-state index contributed by atoms with van der Waals surface area (Å²) >= 11 is 6.01. The van der Waals surface area contributed by atoms with Gasteiger partial charge in [-0.05, 0) is 104 Å². The van der Waals surface area contributed by atoms with Crippen molar-refractivity contribution in [2.24, 2.45) is 5.73 Å². The van der Waals surface area contributed by atoms with Gasteiger partial charge in [0.1, 0.15) is 17.3 Å². The maximum Gasteiger partial charge on any atom is 0.119 e. The summed E-state index contributed by atoms with van der Waals surface area (Å²) in [7, 11) is 2.11. The van der Waals surface area contributed by atoms with Crippen molar-refractivity contribution in [3.8, 4) is 28.4 Å². The smallest absolute Gasteiger partial charge is 0.119 e. The minimum Gasteiger partial charge on any atom is -0.494 e. The van der Waals surface area contributed by atoms with Crippen LogP contribution in [0.2, 0.25) is 5.02 Å². The number of halogens is 2. The number of hydrogen-bond donors (Lipinski definition) is 1. The molecule has 0 spiro atoms. The zero-order chi connectivity index (χ0) is 32.4. The van der Waals surface area contributed by atoms with E-state index in [4.69, 9.17) is 31.8 Å². The van der Waals surface area contributed by atoms with Crippen LogP contribution in [0, 0.1) is 0 Å². The molecule has 0 unspecified atom stereocenters. The second kappa shape index (κ2) is 17.8. The summed E-state index contributed by atoms with van der Waals surface area (Å²) in [5.74, 6) is 2.73. The van der Waals surface area contributed by atoms with Gasteiger partial charge in [-0.2, -0.15) is 0 Å². The fraction of sp³-hybridized carbons (Fsp3) is 0.359.